The number of phenols is 1. The topological polar surface area (TPSA) is 83.0 Å². The van der Waals surface area contributed by atoms with E-state index in [4.69, 9.17) is 37.7 Å². The average Bonchev–Trinajstić information content (AvgIpc) is 3.64. The predicted molar refractivity (Wildman–Crippen MR) is 161 cm³/mol. The molecule has 5 heterocycles. The summed E-state index contributed by atoms with van der Waals surface area (Å²) in [6, 6.07) is 4.76. The number of hydrogen-bond acceptors (Lipinski definition) is 8. The van der Waals surface area contributed by atoms with Gasteiger partial charge in [0.1, 0.15) is 29.9 Å². The molecule has 8 nitrogen and oxygen atoms in total. The van der Waals surface area contributed by atoms with Crippen molar-refractivity contribution < 1.29 is 23.4 Å². The second-order valence-electron chi connectivity index (χ2n) is 12.9. The first-order valence-corrected chi connectivity index (χ1v) is 15.8. The van der Waals surface area contributed by atoms with Gasteiger partial charge in [-0.15, -0.1) is 0 Å². The fourth-order valence-electron chi connectivity index (χ4n) is 7.64. The summed E-state index contributed by atoms with van der Waals surface area (Å²) in [5, 5.41) is 15.0. The number of anilines is 1. The highest BCUT2D eigenvalue weighted by Crippen LogP contribution is 2.51. The zero-order valence-corrected chi connectivity index (χ0v) is 25.2. The number of piperazine rings is 1. The molecule has 4 saturated heterocycles. The van der Waals surface area contributed by atoms with E-state index in [2.05, 4.69) is 20.1 Å². The van der Waals surface area contributed by atoms with Crippen molar-refractivity contribution in [2.45, 2.75) is 55.3 Å². The van der Waals surface area contributed by atoms with Crippen LogP contribution in [0.1, 0.15) is 43.6 Å². The van der Waals surface area contributed by atoms with Crippen LogP contribution in [0, 0.1) is 5.82 Å². The number of halogens is 4. The van der Waals surface area contributed by atoms with E-state index in [1.807, 2.05) is 0 Å². The summed E-state index contributed by atoms with van der Waals surface area (Å²) in [4.78, 5) is 13.7. The van der Waals surface area contributed by atoms with Gasteiger partial charge < -0.3 is 24.8 Å². The second kappa shape index (κ2) is 10.3. The highest BCUT2D eigenvalue weighted by molar-refractivity contribution is 6.35. The quantitative estimate of drug-likeness (QED) is 0.371. The summed E-state index contributed by atoms with van der Waals surface area (Å²) in [5.74, 6) is 0.0216. The number of nitrogens with one attached hydrogen (secondary N) is 1. The van der Waals surface area contributed by atoms with Crippen LogP contribution in [0.25, 0.3) is 22.0 Å². The fraction of sp³-hybridized carbons (Fsp3) is 0.548. The number of nitrogens with zero attached hydrogens (tertiary/aromatic N) is 4. The predicted octanol–water partition coefficient (Wildman–Crippen LogP) is 5.46. The third-order valence-corrected chi connectivity index (χ3v) is 10.5. The maximum absolute atomic E-state index is 16.8. The van der Waals surface area contributed by atoms with Crippen LogP contribution in [0.2, 0.25) is 10.0 Å². The van der Waals surface area contributed by atoms with Crippen LogP contribution < -0.4 is 15.0 Å². The normalized spacial score (nSPS) is 26.7. The molecule has 2 N–H and O–H groups in total. The van der Waals surface area contributed by atoms with E-state index in [9.17, 15) is 9.50 Å². The maximum Gasteiger partial charge on any atom is 0.319 e. The molecule has 2 aromatic carbocycles. The molecule has 0 bridgehead atoms. The number of aromatic nitrogens is 2. The molecule has 1 spiro atoms. The minimum atomic E-state index is -0.893. The molecular formula is C31H33Cl2F2N5O3. The Morgan fingerprint density at radius 3 is 2.74 bits per heavy atom. The lowest BCUT2D eigenvalue weighted by Crippen LogP contribution is -2.70. The number of alkyl halides is 1. The Morgan fingerprint density at radius 1 is 1.14 bits per heavy atom. The van der Waals surface area contributed by atoms with E-state index in [0.29, 0.717) is 67.6 Å². The monoisotopic (exact) mass is 631 g/mol. The van der Waals surface area contributed by atoms with Gasteiger partial charge in [-0.05, 0) is 67.5 Å². The first-order valence-electron chi connectivity index (χ1n) is 15.1. The Kier molecular flexibility index (Phi) is 6.69. The van der Waals surface area contributed by atoms with Crippen molar-refractivity contribution in [3.05, 3.63) is 39.6 Å². The number of aromatic hydroxyl groups is 1. The molecule has 43 heavy (non-hydrogen) atoms. The molecule has 5 aliphatic rings. The fourth-order valence-corrected chi connectivity index (χ4v) is 8.30. The number of fused-ring (bicyclic) bond motifs is 2. The number of benzene rings is 2. The van der Waals surface area contributed by atoms with Crippen molar-refractivity contribution in [3.63, 3.8) is 0 Å². The van der Waals surface area contributed by atoms with Crippen LogP contribution in [-0.4, -0.2) is 89.8 Å². The Bertz CT molecular complexity index is 1620. The van der Waals surface area contributed by atoms with E-state index in [-0.39, 0.29) is 45.9 Å². The molecule has 1 saturated carbocycles. The van der Waals surface area contributed by atoms with Crippen LogP contribution >= 0.6 is 23.2 Å². The van der Waals surface area contributed by atoms with Crippen LogP contribution in [0.3, 0.4) is 0 Å². The zero-order chi connectivity index (χ0) is 29.5. The maximum atomic E-state index is 16.8. The van der Waals surface area contributed by atoms with Crippen molar-refractivity contribution in [3.8, 4) is 22.9 Å². The van der Waals surface area contributed by atoms with Crippen molar-refractivity contribution in [2.24, 2.45) is 0 Å². The molecule has 0 radical (unpaired) electrons. The van der Waals surface area contributed by atoms with E-state index >= 15 is 4.39 Å². The Balaban J connectivity index is 1.26. The van der Waals surface area contributed by atoms with Crippen LogP contribution in [-0.2, 0) is 4.74 Å². The lowest BCUT2D eigenvalue weighted by Gasteiger charge is -2.49. The highest BCUT2D eigenvalue weighted by Gasteiger charge is 2.49. The molecule has 1 aromatic heterocycles. The molecule has 12 heteroatoms. The van der Waals surface area contributed by atoms with E-state index in [1.54, 1.807) is 6.07 Å². The van der Waals surface area contributed by atoms with Crippen molar-refractivity contribution >= 4 is 39.9 Å². The largest absolute Gasteiger partial charge is 0.508 e. The van der Waals surface area contributed by atoms with Crippen LogP contribution in [0.4, 0.5) is 14.6 Å². The smallest absolute Gasteiger partial charge is 0.319 e. The first kappa shape index (κ1) is 28.0. The molecule has 1 aliphatic carbocycles. The van der Waals surface area contributed by atoms with Crippen LogP contribution in [0.15, 0.2) is 18.2 Å². The number of phenolic OH excluding ortho intramolecular Hbond substituents is 1. The molecule has 8 rings (SSSR count). The molecule has 2 atom stereocenters. The zero-order valence-electron chi connectivity index (χ0n) is 23.6. The van der Waals surface area contributed by atoms with E-state index in [1.165, 1.54) is 12.1 Å². The summed E-state index contributed by atoms with van der Waals surface area (Å²) in [5.41, 5.74) is 0.870. The number of ether oxygens (including phenoxy) is 2. The Hall–Kier alpha value is -2.50. The molecule has 3 aromatic rings. The van der Waals surface area contributed by atoms with E-state index < -0.39 is 17.5 Å². The van der Waals surface area contributed by atoms with Gasteiger partial charge in [-0.2, -0.15) is 9.97 Å². The van der Waals surface area contributed by atoms with Crippen molar-refractivity contribution in [1.82, 2.24) is 20.2 Å². The summed E-state index contributed by atoms with van der Waals surface area (Å²) < 4.78 is 43.1. The van der Waals surface area contributed by atoms with Gasteiger partial charge in [-0.3, -0.25) is 4.90 Å². The van der Waals surface area contributed by atoms with Gasteiger partial charge in [-0.1, -0.05) is 23.2 Å². The molecule has 5 fully saturated rings. The highest BCUT2D eigenvalue weighted by atomic mass is 35.5. The third kappa shape index (κ3) is 4.72. The lowest BCUT2D eigenvalue weighted by molar-refractivity contribution is -0.0743. The third-order valence-electron chi connectivity index (χ3n) is 9.87. The van der Waals surface area contributed by atoms with Crippen LogP contribution in [0.5, 0.6) is 11.8 Å². The minimum absolute atomic E-state index is 0.0482. The van der Waals surface area contributed by atoms with Gasteiger partial charge in [0.05, 0.1) is 29.3 Å². The number of rotatable bonds is 6. The Labute approximate surface area is 258 Å². The van der Waals surface area contributed by atoms with Gasteiger partial charge in [0, 0.05) is 48.6 Å². The summed E-state index contributed by atoms with van der Waals surface area (Å²) >= 11 is 13.4. The van der Waals surface area contributed by atoms with Gasteiger partial charge in [-0.25, -0.2) is 8.78 Å². The standard InChI is InChI=1S/C31H33Cl2F2N5O3/c32-22-9-19(41)8-20(24(22)17-2-3-17)25-23(33)10-21-27(26(25)35)37-29(43-16-31-4-1-6-40(31)12-18(34)11-31)38-28(21)39-7-5-36-30(13-39)14-42-15-30/h8-10,17-18,36,41H,1-7,11-16H2/t18-,31+/m1/s1. The average molecular weight is 633 g/mol. The molecular weight excluding hydrogens is 599 g/mol. The summed E-state index contributed by atoms with van der Waals surface area (Å²) in [7, 11) is 0. The summed E-state index contributed by atoms with van der Waals surface area (Å²) in [6.45, 7) is 4.61. The molecule has 0 unspecified atom stereocenters. The minimum Gasteiger partial charge on any atom is -0.508 e. The molecule has 228 valence electrons. The van der Waals surface area contributed by atoms with Gasteiger partial charge >= 0.3 is 6.01 Å². The lowest BCUT2D eigenvalue weighted by atomic mass is 9.93. The molecule has 4 aliphatic heterocycles. The van der Waals surface area contributed by atoms with Gasteiger partial charge in [0.15, 0.2) is 5.82 Å². The SMILES string of the molecule is Oc1cc(Cl)c(C2CC2)c(-c2c(Cl)cc3c(N4CCNC5(COC5)C4)nc(OC[C@@]45CCCN4C[C@H](F)C5)nc3c2F)c1. The van der Waals surface area contributed by atoms with Crippen molar-refractivity contribution in [2.75, 3.05) is 57.4 Å². The van der Waals surface area contributed by atoms with Crippen molar-refractivity contribution in [1.29, 1.82) is 0 Å². The molecule has 0 amide bonds. The Morgan fingerprint density at radius 2 is 1.98 bits per heavy atom. The van der Waals surface area contributed by atoms with Gasteiger partial charge in [0.2, 0.25) is 0 Å². The van der Waals surface area contributed by atoms with E-state index in [0.717, 1.165) is 37.8 Å². The summed E-state index contributed by atoms with van der Waals surface area (Å²) in [6.07, 6.45) is 3.20. The van der Waals surface area contributed by atoms with Gasteiger partial charge in [0.25, 0.3) is 0 Å². The first-order chi connectivity index (χ1) is 20.7. The number of hydrogen-bond donors (Lipinski definition) is 2. The second-order valence-corrected chi connectivity index (χ2v) is 13.7.